The van der Waals surface area contributed by atoms with Crippen molar-refractivity contribution in [1.82, 2.24) is 4.98 Å². The van der Waals surface area contributed by atoms with E-state index >= 15 is 0 Å². The highest BCUT2D eigenvalue weighted by Gasteiger charge is 2.16. The number of halogens is 2. The zero-order chi connectivity index (χ0) is 22.5. The number of benzene rings is 1. The summed E-state index contributed by atoms with van der Waals surface area (Å²) in [4.78, 5) is 16.0. The number of hydrogen-bond donors (Lipinski definition) is 2. The van der Waals surface area contributed by atoms with Crippen molar-refractivity contribution in [3.05, 3.63) is 42.0 Å². The monoisotopic (exact) mass is 423 g/mol. The summed E-state index contributed by atoms with van der Waals surface area (Å²) in [6, 6.07) is 9.53. The topological polar surface area (TPSA) is 72.5 Å². The second kappa shape index (κ2) is 13.3. The van der Waals surface area contributed by atoms with Gasteiger partial charge in [0.25, 0.3) is 0 Å². The summed E-state index contributed by atoms with van der Waals surface area (Å²) >= 11 is 0. The molecule has 1 heterocycles. The molecular weight excluding hydrogens is 392 g/mol. The molecular formula is C22H31F2N3O3. The largest absolute Gasteiger partial charge is 0.481 e. The number of unbranched alkanes of at least 4 members (excludes halogenated alkanes) is 2. The van der Waals surface area contributed by atoms with Gasteiger partial charge >= 0.3 is 12.6 Å². The van der Waals surface area contributed by atoms with Crippen LogP contribution in [0.1, 0.15) is 58.4 Å². The van der Waals surface area contributed by atoms with Crippen LogP contribution in [0.3, 0.4) is 0 Å². The summed E-state index contributed by atoms with van der Waals surface area (Å²) in [5.74, 6) is -0.134. The lowest BCUT2D eigenvalue weighted by molar-refractivity contribution is -0.0525. The third-order valence-corrected chi connectivity index (χ3v) is 4.03. The molecule has 0 bridgehead atoms. The van der Waals surface area contributed by atoms with Gasteiger partial charge in [-0.25, -0.2) is 4.79 Å². The highest BCUT2D eigenvalue weighted by Crippen LogP contribution is 2.28. The summed E-state index contributed by atoms with van der Waals surface area (Å²) in [7, 11) is 1.34. The molecule has 0 aliphatic heterocycles. The number of hydrogen-bond acceptors (Lipinski definition) is 4. The molecule has 0 saturated heterocycles. The van der Waals surface area contributed by atoms with E-state index in [1.54, 1.807) is 12.1 Å². The molecule has 2 amide bonds. The normalized spacial score (nSPS) is 10.3. The molecule has 0 atom stereocenters. The Bertz CT molecular complexity index is 784. The second-order valence-corrected chi connectivity index (χ2v) is 6.76. The molecule has 0 radical (unpaired) electrons. The number of pyridine rings is 1. The zero-order valence-electron chi connectivity index (χ0n) is 18.2. The lowest BCUT2D eigenvalue weighted by Gasteiger charge is -2.15. The Balaban J connectivity index is 0.000000804. The molecule has 2 aromatic rings. The van der Waals surface area contributed by atoms with E-state index in [0.717, 1.165) is 5.56 Å². The molecule has 0 fully saturated rings. The summed E-state index contributed by atoms with van der Waals surface area (Å²) in [5, 5.41) is 5.15. The lowest BCUT2D eigenvalue weighted by Crippen LogP contribution is -2.21. The van der Waals surface area contributed by atoms with Crippen LogP contribution in [0.2, 0.25) is 0 Å². The van der Waals surface area contributed by atoms with Gasteiger partial charge in [0.15, 0.2) is 0 Å². The molecule has 6 nitrogen and oxygen atoms in total. The maximum Gasteiger partial charge on any atom is 0.388 e. The van der Waals surface area contributed by atoms with E-state index in [2.05, 4.69) is 34.2 Å². The van der Waals surface area contributed by atoms with Crippen LogP contribution in [-0.4, -0.2) is 24.7 Å². The Morgan fingerprint density at radius 2 is 1.67 bits per heavy atom. The molecule has 0 spiro atoms. The predicted octanol–water partition coefficient (Wildman–Crippen LogP) is 6.66. The Hall–Kier alpha value is -2.90. The van der Waals surface area contributed by atoms with Gasteiger partial charge in [0, 0.05) is 11.8 Å². The van der Waals surface area contributed by atoms with Crippen molar-refractivity contribution in [2.75, 3.05) is 17.7 Å². The van der Waals surface area contributed by atoms with Gasteiger partial charge in [-0.05, 0) is 23.6 Å². The highest BCUT2D eigenvalue weighted by molar-refractivity contribution is 6.01. The fraction of sp³-hybridized carbons (Fsp3) is 0.455. The molecule has 0 unspecified atom stereocenters. The maximum atomic E-state index is 12.5. The number of ether oxygens (including phenoxy) is 2. The first-order valence-corrected chi connectivity index (χ1v) is 9.99. The zero-order valence-corrected chi connectivity index (χ0v) is 18.2. The molecule has 1 aromatic heterocycles. The average Bonchev–Trinajstić information content (AvgIpc) is 2.70. The van der Waals surface area contributed by atoms with Crippen molar-refractivity contribution in [3.8, 4) is 11.8 Å². The summed E-state index contributed by atoms with van der Waals surface area (Å²) in [6.07, 6.45) is 4.08. The van der Waals surface area contributed by atoms with Crippen LogP contribution < -0.4 is 20.1 Å². The quantitative estimate of drug-likeness (QED) is 0.498. The van der Waals surface area contributed by atoms with Gasteiger partial charge < -0.3 is 20.1 Å². The van der Waals surface area contributed by atoms with E-state index in [-0.39, 0.29) is 17.5 Å². The molecule has 2 N–H and O–H groups in total. The van der Waals surface area contributed by atoms with Crippen LogP contribution in [0.25, 0.3) is 0 Å². The van der Waals surface area contributed by atoms with Crippen LogP contribution in [0, 0.1) is 0 Å². The number of aromatic nitrogens is 1. The lowest BCUT2D eigenvalue weighted by atomic mass is 10.0. The van der Waals surface area contributed by atoms with Gasteiger partial charge in [-0.3, -0.25) is 0 Å². The summed E-state index contributed by atoms with van der Waals surface area (Å²) < 4.78 is 34.3. The number of nitrogens with zero attached hydrogens (tertiary/aromatic N) is 1. The highest BCUT2D eigenvalue weighted by atomic mass is 19.3. The van der Waals surface area contributed by atoms with E-state index < -0.39 is 18.5 Å². The number of nitrogens with one attached hydrogen (secondary N) is 2. The first kappa shape index (κ1) is 25.1. The van der Waals surface area contributed by atoms with Crippen LogP contribution in [0.4, 0.5) is 25.0 Å². The minimum Gasteiger partial charge on any atom is -0.481 e. The molecule has 1 aromatic carbocycles. The summed E-state index contributed by atoms with van der Waals surface area (Å²) in [5.41, 5.74) is 1.59. The van der Waals surface area contributed by atoms with Crippen molar-refractivity contribution < 1.29 is 23.0 Å². The van der Waals surface area contributed by atoms with Crippen molar-refractivity contribution in [1.29, 1.82) is 0 Å². The number of para-hydroxylation sites is 1. The number of carbonyl (C=O) groups is 1. The Kier molecular flexibility index (Phi) is 11.2. The van der Waals surface area contributed by atoms with Gasteiger partial charge in [0.2, 0.25) is 11.8 Å². The Morgan fingerprint density at radius 1 is 1.03 bits per heavy atom. The standard InChI is InChI=1S/C17H19F2N3O3.C5H12/c1-10(2)11-6-4-5-7-12(11)20-17(23)21-13-8-9-14(24-3)22-15(13)25-16(18)19;1-3-5-4-2/h4-10,16H,1-3H3,(H2,20,21,23);3-5H2,1-2H3. The SMILES string of the molecule is CCCCC.COc1ccc(NC(=O)Nc2ccccc2C(C)C)c(OC(F)F)n1. The van der Waals surface area contributed by atoms with Crippen molar-refractivity contribution in [2.45, 2.75) is 59.5 Å². The molecule has 0 aliphatic rings. The maximum absolute atomic E-state index is 12.5. The van der Waals surface area contributed by atoms with Crippen LogP contribution in [0.15, 0.2) is 36.4 Å². The smallest absolute Gasteiger partial charge is 0.388 e. The number of rotatable bonds is 8. The van der Waals surface area contributed by atoms with Crippen LogP contribution in [0.5, 0.6) is 11.8 Å². The fourth-order valence-corrected chi connectivity index (χ4v) is 2.55. The fourth-order valence-electron chi connectivity index (χ4n) is 2.55. The van der Waals surface area contributed by atoms with E-state index in [4.69, 9.17) is 4.74 Å². The number of alkyl halides is 2. The number of amides is 2. The molecule has 2 rings (SSSR count). The van der Waals surface area contributed by atoms with E-state index in [1.165, 1.54) is 38.5 Å². The van der Waals surface area contributed by atoms with Gasteiger partial charge in [0.1, 0.15) is 5.69 Å². The first-order valence-electron chi connectivity index (χ1n) is 9.99. The number of anilines is 2. The van der Waals surface area contributed by atoms with Crippen LogP contribution >= 0.6 is 0 Å². The van der Waals surface area contributed by atoms with E-state index in [9.17, 15) is 13.6 Å². The van der Waals surface area contributed by atoms with Crippen molar-refractivity contribution in [2.24, 2.45) is 0 Å². The predicted molar refractivity (Wildman–Crippen MR) is 116 cm³/mol. The Morgan fingerprint density at radius 3 is 2.20 bits per heavy atom. The number of methoxy groups -OCH3 is 1. The van der Waals surface area contributed by atoms with E-state index in [0.29, 0.717) is 5.69 Å². The van der Waals surface area contributed by atoms with Gasteiger partial charge in [-0.1, -0.05) is 65.2 Å². The van der Waals surface area contributed by atoms with Gasteiger partial charge in [-0.15, -0.1) is 0 Å². The van der Waals surface area contributed by atoms with Crippen LogP contribution in [-0.2, 0) is 0 Å². The third-order valence-electron chi connectivity index (χ3n) is 4.03. The molecule has 166 valence electrons. The first-order chi connectivity index (χ1) is 14.3. The molecule has 0 saturated carbocycles. The van der Waals surface area contributed by atoms with Gasteiger partial charge in [0.05, 0.1) is 7.11 Å². The molecule has 0 aliphatic carbocycles. The minimum atomic E-state index is -3.08. The van der Waals surface area contributed by atoms with Crippen molar-refractivity contribution in [3.63, 3.8) is 0 Å². The average molecular weight is 424 g/mol. The number of urea groups is 1. The summed E-state index contributed by atoms with van der Waals surface area (Å²) in [6.45, 7) is 5.35. The minimum absolute atomic E-state index is 0.000582. The van der Waals surface area contributed by atoms with E-state index in [1.807, 2.05) is 26.0 Å². The Labute approximate surface area is 177 Å². The third kappa shape index (κ3) is 8.63. The number of carbonyl (C=O) groups excluding carboxylic acids is 1. The molecule has 8 heteroatoms. The van der Waals surface area contributed by atoms with Crippen molar-refractivity contribution >= 4 is 17.4 Å². The molecule has 30 heavy (non-hydrogen) atoms. The van der Waals surface area contributed by atoms with Gasteiger partial charge in [-0.2, -0.15) is 13.8 Å². The second-order valence-electron chi connectivity index (χ2n) is 6.76.